The monoisotopic (exact) mass is 199 g/mol. The lowest BCUT2D eigenvalue weighted by Gasteiger charge is -2.35. The summed E-state index contributed by atoms with van der Waals surface area (Å²) in [5.74, 6) is 3.56. The second kappa shape index (κ2) is 4.22. The maximum absolute atomic E-state index is 6.43. The zero-order valence-electron chi connectivity index (χ0n) is 8.43. The maximum atomic E-state index is 6.43. The average Bonchev–Trinajstić information content (AvgIpc) is 2.57. The van der Waals surface area contributed by atoms with Crippen LogP contribution in [0, 0.1) is 5.92 Å². The lowest BCUT2D eigenvalue weighted by atomic mass is 9.83. The minimum Gasteiger partial charge on any atom is -0.325 e. The molecule has 1 aliphatic heterocycles. The molecule has 2 heteroatoms. The zero-order valence-corrected chi connectivity index (χ0v) is 9.24. The number of hydrogen-bond acceptors (Lipinski definition) is 2. The van der Waals surface area contributed by atoms with Crippen LogP contribution in [-0.4, -0.2) is 17.0 Å². The molecule has 0 aromatic carbocycles. The molecule has 2 N–H and O–H groups in total. The van der Waals surface area contributed by atoms with Crippen LogP contribution in [0.5, 0.6) is 0 Å². The second-order valence-corrected chi connectivity index (χ2v) is 6.05. The summed E-state index contributed by atoms with van der Waals surface area (Å²) in [4.78, 5) is 0. The van der Waals surface area contributed by atoms with Crippen molar-refractivity contribution in [1.82, 2.24) is 0 Å². The number of hydrogen-bond donors (Lipinski definition) is 1. The number of nitrogens with two attached hydrogens (primary N) is 1. The predicted molar refractivity (Wildman–Crippen MR) is 60.1 cm³/mol. The predicted octanol–water partition coefficient (Wildman–Crippen LogP) is 2.79. The zero-order chi connectivity index (χ0) is 9.15. The van der Waals surface area contributed by atoms with Gasteiger partial charge in [-0.1, -0.05) is 25.7 Å². The third kappa shape index (κ3) is 2.63. The van der Waals surface area contributed by atoms with Crippen LogP contribution in [0.15, 0.2) is 0 Å². The molecular weight excluding hydrogens is 178 g/mol. The van der Waals surface area contributed by atoms with Gasteiger partial charge in [-0.25, -0.2) is 0 Å². The molecular formula is C11H21NS. The molecule has 1 heterocycles. The Bertz CT molecular complexity index is 157. The molecule has 0 radical (unpaired) electrons. The Kier molecular flexibility index (Phi) is 3.20. The van der Waals surface area contributed by atoms with E-state index in [2.05, 4.69) is 11.8 Å². The van der Waals surface area contributed by atoms with E-state index in [1.165, 1.54) is 56.5 Å². The Balaban J connectivity index is 1.83. The molecule has 0 unspecified atom stereocenters. The van der Waals surface area contributed by atoms with Crippen molar-refractivity contribution < 1.29 is 0 Å². The van der Waals surface area contributed by atoms with Gasteiger partial charge >= 0.3 is 0 Å². The lowest BCUT2D eigenvalue weighted by molar-refractivity contribution is 0.298. The van der Waals surface area contributed by atoms with Crippen molar-refractivity contribution in [2.75, 3.05) is 11.5 Å². The van der Waals surface area contributed by atoms with Crippen LogP contribution >= 0.6 is 11.8 Å². The first kappa shape index (κ1) is 9.85. The summed E-state index contributed by atoms with van der Waals surface area (Å²) in [6.07, 6.45) is 9.64. The molecule has 0 atom stereocenters. The Morgan fingerprint density at radius 2 is 1.77 bits per heavy atom. The largest absolute Gasteiger partial charge is 0.325 e. The SMILES string of the molecule is NC1(CC2CCCC2)CCSCC1. The van der Waals surface area contributed by atoms with E-state index in [-0.39, 0.29) is 5.54 Å². The van der Waals surface area contributed by atoms with Gasteiger partial charge in [0.1, 0.15) is 0 Å². The standard InChI is InChI=1S/C11H21NS/c12-11(5-7-13-8-6-11)9-10-3-1-2-4-10/h10H,1-9,12H2. The highest BCUT2D eigenvalue weighted by molar-refractivity contribution is 7.99. The van der Waals surface area contributed by atoms with Gasteiger partial charge in [0.25, 0.3) is 0 Å². The van der Waals surface area contributed by atoms with Gasteiger partial charge in [-0.15, -0.1) is 0 Å². The van der Waals surface area contributed by atoms with Crippen LogP contribution in [0.25, 0.3) is 0 Å². The third-order valence-electron chi connectivity index (χ3n) is 3.66. The van der Waals surface area contributed by atoms with Crippen molar-refractivity contribution in [1.29, 1.82) is 0 Å². The molecule has 1 saturated carbocycles. The van der Waals surface area contributed by atoms with Gasteiger partial charge in [-0.2, -0.15) is 11.8 Å². The second-order valence-electron chi connectivity index (χ2n) is 4.83. The minimum absolute atomic E-state index is 0.222. The highest BCUT2D eigenvalue weighted by Crippen LogP contribution is 2.36. The van der Waals surface area contributed by atoms with Crippen LogP contribution in [0.2, 0.25) is 0 Å². The molecule has 2 aliphatic rings. The summed E-state index contributed by atoms with van der Waals surface area (Å²) < 4.78 is 0. The van der Waals surface area contributed by atoms with E-state index in [0.717, 1.165) is 5.92 Å². The molecule has 0 spiro atoms. The van der Waals surface area contributed by atoms with Crippen molar-refractivity contribution in [3.8, 4) is 0 Å². The van der Waals surface area contributed by atoms with E-state index in [0.29, 0.717) is 0 Å². The molecule has 2 fully saturated rings. The molecule has 1 aliphatic carbocycles. The Morgan fingerprint density at radius 3 is 2.38 bits per heavy atom. The maximum Gasteiger partial charge on any atom is 0.0172 e. The lowest BCUT2D eigenvalue weighted by Crippen LogP contribution is -2.44. The van der Waals surface area contributed by atoms with Crippen LogP contribution in [0.3, 0.4) is 0 Å². The molecule has 0 aromatic heterocycles. The van der Waals surface area contributed by atoms with E-state index >= 15 is 0 Å². The van der Waals surface area contributed by atoms with E-state index in [4.69, 9.17) is 5.73 Å². The van der Waals surface area contributed by atoms with E-state index in [1.807, 2.05) is 0 Å². The topological polar surface area (TPSA) is 26.0 Å². The molecule has 1 nitrogen and oxygen atoms in total. The fraction of sp³-hybridized carbons (Fsp3) is 1.00. The fourth-order valence-corrected chi connectivity index (χ4v) is 4.08. The Morgan fingerprint density at radius 1 is 1.15 bits per heavy atom. The van der Waals surface area contributed by atoms with Crippen molar-refractivity contribution in [2.24, 2.45) is 11.7 Å². The third-order valence-corrected chi connectivity index (χ3v) is 4.64. The number of thioether (sulfide) groups is 1. The first-order valence-corrected chi connectivity index (χ1v) is 6.81. The van der Waals surface area contributed by atoms with Crippen molar-refractivity contribution >= 4 is 11.8 Å². The molecule has 13 heavy (non-hydrogen) atoms. The quantitative estimate of drug-likeness (QED) is 0.740. The minimum atomic E-state index is 0.222. The van der Waals surface area contributed by atoms with Crippen LogP contribution in [-0.2, 0) is 0 Å². The summed E-state index contributed by atoms with van der Waals surface area (Å²) in [6.45, 7) is 0. The first-order chi connectivity index (χ1) is 6.29. The summed E-state index contributed by atoms with van der Waals surface area (Å²) >= 11 is 2.08. The molecule has 0 bridgehead atoms. The van der Waals surface area contributed by atoms with Gasteiger partial charge in [0, 0.05) is 5.54 Å². The molecule has 2 rings (SSSR count). The van der Waals surface area contributed by atoms with E-state index in [9.17, 15) is 0 Å². The Hall–Kier alpha value is 0.310. The van der Waals surface area contributed by atoms with Crippen LogP contribution in [0.4, 0.5) is 0 Å². The van der Waals surface area contributed by atoms with Gasteiger partial charge in [0.05, 0.1) is 0 Å². The van der Waals surface area contributed by atoms with Gasteiger partial charge in [-0.3, -0.25) is 0 Å². The fourth-order valence-electron chi connectivity index (χ4n) is 2.77. The Labute approximate surface area is 85.8 Å². The van der Waals surface area contributed by atoms with Gasteiger partial charge < -0.3 is 5.73 Å². The van der Waals surface area contributed by atoms with E-state index < -0.39 is 0 Å². The highest BCUT2D eigenvalue weighted by Gasteiger charge is 2.31. The van der Waals surface area contributed by atoms with Crippen LogP contribution < -0.4 is 5.73 Å². The first-order valence-electron chi connectivity index (χ1n) is 5.65. The van der Waals surface area contributed by atoms with Crippen molar-refractivity contribution in [2.45, 2.75) is 50.5 Å². The molecule has 0 aromatic rings. The summed E-state index contributed by atoms with van der Waals surface area (Å²) in [7, 11) is 0. The van der Waals surface area contributed by atoms with Gasteiger partial charge in [-0.05, 0) is 36.7 Å². The summed E-state index contributed by atoms with van der Waals surface area (Å²) in [5, 5.41) is 0. The summed E-state index contributed by atoms with van der Waals surface area (Å²) in [5.41, 5.74) is 6.65. The average molecular weight is 199 g/mol. The summed E-state index contributed by atoms with van der Waals surface area (Å²) in [6, 6.07) is 0. The smallest absolute Gasteiger partial charge is 0.0172 e. The van der Waals surface area contributed by atoms with Gasteiger partial charge in [0.15, 0.2) is 0 Å². The van der Waals surface area contributed by atoms with Crippen molar-refractivity contribution in [3.05, 3.63) is 0 Å². The van der Waals surface area contributed by atoms with E-state index in [1.54, 1.807) is 0 Å². The van der Waals surface area contributed by atoms with Gasteiger partial charge in [0.2, 0.25) is 0 Å². The molecule has 76 valence electrons. The normalized spacial score (nSPS) is 29.3. The van der Waals surface area contributed by atoms with Crippen molar-refractivity contribution in [3.63, 3.8) is 0 Å². The highest BCUT2D eigenvalue weighted by atomic mass is 32.2. The molecule has 1 saturated heterocycles. The van der Waals surface area contributed by atoms with Crippen LogP contribution in [0.1, 0.15) is 44.9 Å². The molecule has 0 amide bonds. The number of rotatable bonds is 2.